The van der Waals surface area contributed by atoms with Crippen LogP contribution in [-0.2, 0) is 27.4 Å². The number of carboxylic acids is 1. The summed E-state index contributed by atoms with van der Waals surface area (Å²) < 4.78 is 38.5. The van der Waals surface area contributed by atoms with Gasteiger partial charge in [0.2, 0.25) is 5.91 Å². The van der Waals surface area contributed by atoms with Crippen LogP contribution in [0.4, 0.5) is 19.0 Å². The summed E-state index contributed by atoms with van der Waals surface area (Å²) in [5.41, 5.74) is 2.86. The first-order valence-electron chi connectivity index (χ1n) is 12.6. The van der Waals surface area contributed by atoms with E-state index in [4.69, 9.17) is 14.6 Å². The van der Waals surface area contributed by atoms with E-state index in [2.05, 4.69) is 25.6 Å². The standard InChI is InChI=1S/C25H28N6O3.C2HF3O2/c1-2-34-12-6-10-27-24-25(33)31(22(16-29-24)18-7-4-3-5-8-18)17-23(32)28-15-20-13-19-14-26-11-9-21(19)30-20;3-2(4,5)1(6)7/h3-5,7-9,11,13-14,16,30H,2,6,10,12,15,17H2,1H3,(H,27,29)(H,28,32);(H,6,7). The van der Waals surface area contributed by atoms with Crippen LogP contribution in [-0.4, -0.2) is 62.4 Å². The number of pyridine rings is 1. The van der Waals surface area contributed by atoms with Crippen LogP contribution in [0.25, 0.3) is 22.2 Å². The molecule has 0 aliphatic rings. The molecule has 0 bridgehead atoms. The van der Waals surface area contributed by atoms with Crippen LogP contribution in [0.5, 0.6) is 0 Å². The number of benzene rings is 1. The van der Waals surface area contributed by atoms with Crippen molar-refractivity contribution in [3.8, 4) is 11.3 Å². The van der Waals surface area contributed by atoms with Gasteiger partial charge in [-0.25, -0.2) is 9.78 Å². The lowest BCUT2D eigenvalue weighted by Crippen LogP contribution is -2.34. The van der Waals surface area contributed by atoms with Crippen LogP contribution >= 0.6 is 0 Å². The van der Waals surface area contributed by atoms with E-state index >= 15 is 0 Å². The van der Waals surface area contributed by atoms with Gasteiger partial charge in [0.05, 0.1) is 18.4 Å². The molecule has 218 valence electrons. The van der Waals surface area contributed by atoms with Gasteiger partial charge in [-0.15, -0.1) is 0 Å². The third-order valence-corrected chi connectivity index (χ3v) is 5.58. The lowest BCUT2D eigenvalue weighted by molar-refractivity contribution is -0.192. The Morgan fingerprint density at radius 3 is 2.54 bits per heavy atom. The highest BCUT2D eigenvalue weighted by molar-refractivity contribution is 5.80. The number of aliphatic carboxylic acids is 1. The van der Waals surface area contributed by atoms with E-state index in [0.717, 1.165) is 28.6 Å². The molecule has 4 aromatic rings. The number of H-pyrrole nitrogens is 1. The lowest BCUT2D eigenvalue weighted by Gasteiger charge is -2.15. The van der Waals surface area contributed by atoms with Crippen LogP contribution in [0.1, 0.15) is 19.0 Å². The quantitative estimate of drug-likeness (QED) is 0.199. The Morgan fingerprint density at radius 1 is 1.15 bits per heavy atom. The third-order valence-electron chi connectivity index (χ3n) is 5.58. The average molecular weight is 575 g/mol. The maximum atomic E-state index is 13.2. The number of alkyl halides is 3. The maximum absolute atomic E-state index is 13.2. The summed E-state index contributed by atoms with van der Waals surface area (Å²) in [6, 6.07) is 13.3. The summed E-state index contributed by atoms with van der Waals surface area (Å²) >= 11 is 0. The first-order chi connectivity index (χ1) is 19.6. The zero-order chi connectivity index (χ0) is 29.8. The summed E-state index contributed by atoms with van der Waals surface area (Å²) in [4.78, 5) is 46.6. The predicted molar refractivity (Wildman–Crippen MR) is 145 cm³/mol. The Hall–Kier alpha value is -4.72. The number of aromatic nitrogens is 4. The van der Waals surface area contributed by atoms with Crippen molar-refractivity contribution in [2.24, 2.45) is 0 Å². The van der Waals surface area contributed by atoms with Gasteiger partial charge in [0.15, 0.2) is 5.82 Å². The second kappa shape index (κ2) is 14.6. The van der Waals surface area contributed by atoms with Crippen molar-refractivity contribution in [3.05, 3.63) is 77.1 Å². The van der Waals surface area contributed by atoms with Crippen LogP contribution < -0.4 is 16.2 Å². The molecule has 41 heavy (non-hydrogen) atoms. The minimum Gasteiger partial charge on any atom is -0.475 e. The Labute approximate surface area is 232 Å². The molecule has 3 heterocycles. The summed E-state index contributed by atoms with van der Waals surface area (Å²) in [5, 5.41) is 14.1. The van der Waals surface area contributed by atoms with Gasteiger partial charge in [0.25, 0.3) is 5.56 Å². The number of amides is 1. The van der Waals surface area contributed by atoms with E-state index in [1.807, 2.05) is 49.4 Å². The van der Waals surface area contributed by atoms with Crippen LogP contribution in [0.2, 0.25) is 0 Å². The Morgan fingerprint density at radius 2 is 1.88 bits per heavy atom. The van der Waals surface area contributed by atoms with Gasteiger partial charge in [-0.05, 0) is 31.0 Å². The van der Waals surface area contributed by atoms with Crippen LogP contribution in [0, 0.1) is 0 Å². The highest BCUT2D eigenvalue weighted by atomic mass is 19.4. The van der Waals surface area contributed by atoms with Crippen molar-refractivity contribution >= 4 is 28.6 Å². The van der Waals surface area contributed by atoms with Crippen molar-refractivity contribution < 1.29 is 32.6 Å². The smallest absolute Gasteiger partial charge is 0.475 e. The zero-order valence-corrected chi connectivity index (χ0v) is 22.1. The summed E-state index contributed by atoms with van der Waals surface area (Å²) in [6.45, 7) is 3.94. The Balaban J connectivity index is 0.000000587. The minimum absolute atomic E-state index is 0.124. The van der Waals surface area contributed by atoms with E-state index in [-0.39, 0.29) is 23.8 Å². The fraction of sp³-hybridized carbons (Fsp3) is 0.296. The molecular weight excluding hydrogens is 545 g/mol. The molecule has 4 N–H and O–H groups in total. The predicted octanol–water partition coefficient (Wildman–Crippen LogP) is 3.57. The zero-order valence-electron chi connectivity index (χ0n) is 22.1. The number of ether oxygens (including phenoxy) is 1. The molecule has 0 fully saturated rings. The number of rotatable bonds is 11. The summed E-state index contributed by atoms with van der Waals surface area (Å²) in [7, 11) is 0. The molecule has 14 heteroatoms. The number of nitrogens with one attached hydrogen (secondary N) is 3. The van der Waals surface area contributed by atoms with Gasteiger partial charge in [-0.1, -0.05) is 30.3 Å². The van der Waals surface area contributed by atoms with E-state index in [1.165, 1.54) is 4.57 Å². The van der Waals surface area contributed by atoms with Crippen molar-refractivity contribution in [2.45, 2.75) is 32.6 Å². The normalized spacial score (nSPS) is 11.0. The Bertz CT molecular complexity index is 1470. The first kappa shape index (κ1) is 30.8. The summed E-state index contributed by atoms with van der Waals surface area (Å²) in [6.07, 6.45) is 0.767. The molecule has 0 atom stereocenters. The monoisotopic (exact) mass is 574 g/mol. The van der Waals surface area contributed by atoms with Crippen LogP contribution in [0.3, 0.4) is 0 Å². The van der Waals surface area contributed by atoms with Crippen molar-refractivity contribution in [1.29, 1.82) is 0 Å². The molecule has 1 aromatic carbocycles. The molecule has 0 spiro atoms. The maximum Gasteiger partial charge on any atom is 0.490 e. The van der Waals surface area contributed by atoms with Crippen molar-refractivity contribution in [3.63, 3.8) is 0 Å². The second-order valence-corrected chi connectivity index (χ2v) is 8.56. The molecule has 3 aromatic heterocycles. The number of hydrogen-bond acceptors (Lipinski definition) is 7. The lowest BCUT2D eigenvalue weighted by atomic mass is 10.1. The molecule has 0 saturated heterocycles. The highest BCUT2D eigenvalue weighted by Crippen LogP contribution is 2.18. The van der Waals surface area contributed by atoms with E-state index < -0.39 is 12.1 Å². The number of nitrogens with zero attached hydrogens (tertiary/aromatic N) is 3. The molecule has 0 radical (unpaired) electrons. The van der Waals surface area contributed by atoms with Gasteiger partial charge in [-0.3, -0.25) is 19.1 Å². The fourth-order valence-corrected chi connectivity index (χ4v) is 3.65. The molecular formula is C27H29F3N6O5. The minimum atomic E-state index is -5.08. The average Bonchev–Trinajstić information content (AvgIpc) is 3.37. The summed E-state index contributed by atoms with van der Waals surface area (Å²) in [5.74, 6) is -2.82. The van der Waals surface area contributed by atoms with Crippen molar-refractivity contribution in [2.75, 3.05) is 25.1 Å². The number of carbonyl (C=O) groups is 2. The first-order valence-corrected chi connectivity index (χ1v) is 12.6. The van der Waals surface area contributed by atoms with Crippen molar-refractivity contribution in [1.82, 2.24) is 24.8 Å². The number of carbonyl (C=O) groups excluding carboxylic acids is 1. The molecule has 0 aliphatic carbocycles. The van der Waals surface area contributed by atoms with Gasteiger partial charge in [0, 0.05) is 48.7 Å². The number of hydrogen-bond donors (Lipinski definition) is 4. The second-order valence-electron chi connectivity index (χ2n) is 8.56. The molecule has 4 rings (SSSR count). The van der Waals surface area contributed by atoms with E-state index in [0.29, 0.717) is 32.0 Å². The SMILES string of the molecule is CCOCCCNc1ncc(-c2ccccc2)n(CC(=O)NCc2cc3cnccc3[nH]2)c1=O.O=C(O)C(F)(F)F. The third kappa shape index (κ3) is 9.17. The van der Waals surface area contributed by atoms with Gasteiger partial charge < -0.3 is 25.5 Å². The molecule has 0 unspecified atom stereocenters. The fourth-order valence-electron chi connectivity index (χ4n) is 3.65. The topological polar surface area (TPSA) is 151 Å². The van der Waals surface area contributed by atoms with Gasteiger partial charge in [-0.2, -0.15) is 13.2 Å². The number of fused-ring (bicyclic) bond motifs is 1. The molecule has 11 nitrogen and oxygen atoms in total. The number of halogens is 3. The van der Waals surface area contributed by atoms with Gasteiger partial charge in [0.1, 0.15) is 6.54 Å². The Kier molecular flexibility index (Phi) is 11.0. The number of aromatic amines is 1. The molecule has 0 saturated carbocycles. The largest absolute Gasteiger partial charge is 0.490 e. The van der Waals surface area contributed by atoms with E-state index in [9.17, 15) is 22.8 Å². The van der Waals surface area contributed by atoms with Crippen LogP contribution in [0.15, 0.2) is 65.8 Å². The molecule has 1 amide bonds. The number of carboxylic acid groups (broad SMARTS) is 1. The highest BCUT2D eigenvalue weighted by Gasteiger charge is 2.38. The van der Waals surface area contributed by atoms with E-state index in [1.54, 1.807) is 18.6 Å². The molecule has 0 aliphatic heterocycles. The van der Waals surface area contributed by atoms with Gasteiger partial charge >= 0.3 is 12.1 Å². The number of anilines is 1.